The number of benzene rings is 1. The fourth-order valence-corrected chi connectivity index (χ4v) is 4.00. The van der Waals surface area contributed by atoms with E-state index in [1.54, 1.807) is 18.2 Å². The smallest absolute Gasteiger partial charge is 0.291 e. The average Bonchev–Trinajstić information content (AvgIpc) is 3.37. The van der Waals surface area contributed by atoms with Gasteiger partial charge in [-0.2, -0.15) is 0 Å². The zero-order valence-corrected chi connectivity index (χ0v) is 16.8. The van der Waals surface area contributed by atoms with Crippen molar-refractivity contribution in [3.05, 3.63) is 64.4 Å². The fraction of sp³-hybridized carbons (Fsp3) is 0.238. The van der Waals surface area contributed by atoms with Gasteiger partial charge in [0.2, 0.25) is 0 Å². The second-order valence-corrected chi connectivity index (χ2v) is 7.70. The Morgan fingerprint density at radius 2 is 1.86 bits per heavy atom. The van der Waals surface area contributed by atoms with E-state index in [-0.39, 0.29) is 23.6 Å². The third-order valence-electron chi connectivity index (χ3n) is 4.52. The Morgan fingerprint density at radius 1 is 1.07 bits per heavy atom. The first-order chi connectivity index (χ1) is 14.0. The lowest BCUT2D eigenvalue weighted by molar-refractivity contribution is 0.0942. The standard InChI is InChI=1S/C21H20N2O5S/c1-12-10-18(23-20(24)16-4-3-7-26-16)29-19(12)21(25)22-13(2)14-5-6-15-17(11-14)28-9-8-27-15/h3-7,10-11,13H,8-9H2,1-2H3,(H,22,25)(H,23,24)/t13-/m1/s1. The number of furan rings is 1. The van der Waals surface area contributed by atoms with Crippen molar-refractivity contribution in [2.24, 2.45) is 0 Å². The van der Waals surface area contributed by atoms with E-state index in [0.29, 0.717) is 34.6 Å². The highest BCUT2D eigenvalue weighted by Gasteiger charge is 2.20. The second kappa shape index (κ2) is 8.00. The van der Waals surface area contributed by atoms with E-state index < -0.39 is 0 Å². The molecule has 4 rings (SSSR count). The van der Waals surface area contributed by atoms with Crippen molar-refractivity contribution in [3.8, 4) is 11.5 Å². The SMILES string of the molecule is Cc1cc(NC(=O)c2ccco2)sc1C(=O)N[C@H](C)c1ccc2c(c1)OCCO2. The highest BCUT2D eigenvalue weighted by atomic mass is 32.1. The Labute approximate surface area is 171 Å². The minimum atomic E-state index is -0.354. The first-order valence-corrected chi connectivity index (χ1v) is 9.98. The number of carbonyl (C=O) groups is 2. The lowest BCUT2D eigenvalue weighted by Gasteiger charge is -2.21. The van der Waals surface area contributed by atoms with E-state index in [9.17, 15) is 9.59 Å². The lowest BCUT2D eigenvalue weighted by atomic mass is 10.1. The summed E-state index contributed by atoms with van der Waals surface area (Å²) < 4.78 is 16.2. The third kappa shape index (κ3) is 4.12. The van der Waals surface area contributed by atoms with E-state index in [2.05, 4.69) is 10.6 Å². The van der Waals surface area contributed by atoms with Crippen LogP contribution in [0.2, 0.25) is 0 Å². The maximum absolute atomic E-state index is 12.8. The molecule has 1 aromatic carbocycles. The van der Waals surface area contributed by atoms with Gasteiger partial charge in [-0.15, -0.1) is 11.3 Å². The van der Waals surface area contributed by atoms with Gasteiger partial charge in [0.05, 0.1) is 22.2 Å². The van der Waals surface area contributed by atoms with Crippen LogP contribution >= 0.6 is 11.3 Å². The molecular formula is C21H20N2O5S. The number of amides is 2. The normalized spacial score (nSPS) is 13.6. The van der Waals surface area contributed by atoms with Crippen LogP contribution in [0, 0.1) is 6.92 Å². The lowest BCUT2D eigenvalue weighted by Crippen LogP contribution is -2.26. The highest BCUT2D eigenvalue weighted by Crippen LogP contribution is 2.33. The number of thiophene rings is 1. The zero-order valence-electron chi connectivity index (χ0n) is 16.0. The van der Waals surface area contributed by atoms with Crippen LogP contribution in [0.1, 0.15) is 44.3 Å². The van der Waals surface area contributed by atoms with Gasteiger partial charge in [-0.25, -0.2) is 0 Å². The molecule has 0 fully saturated rings. The van der Waals surface area contributed by atoms with E-state index >= 15 is 0 Å². The van der Waals surface area contributed by atoms with Gasteiger partial charge in [0.15, 0.2) is 17.3 Å². The van der Waals surface area contributed by atoms with Gasteiger partial charge in [0, 0.05) is 0 Å². The molecule has 29 heavy (non-hydrogen) atoms. The van der Waals surface area contributed by atoms with Gasteiger partial charge in [-0.1, -0.05) is 6.07 Å². The molecule has 1 aliphatic rings. The summed E-state index contributed by atoms with van der Waals surface area (Å²) >= 11 is 1.22. The molecule has 0 bridgehead atoms. The van der Waals surface area contributed by atoms with Crippen molar-refractivity contribution in [1.82, 2.24) is 5.32 Å². The van der Waals surface area contributed by atoms with Crippen molar-refractivity contribution in [3.63, 3.8) is 0 Å². The molecule has 2 aromatic heterocycles. The molecular weight excluding hydrogens is 392 g/mol. The van der Waals surface area contributed by atoms with Gasteiger partial charge in [-0.3, -0.25) is 9.59 Å². The van der Waals surface area contributed by atoms with E-state index in [1.807, 2.05) is 32.0 Å². The molecule has 2 amide bonds. The molecule has 2 N–H and O–H groups in total. The molecule has 0 saturated carbocycles. The van der Waals surface area contributed by atoms with Gasteiger partial charge in [0.25, 0.3) is 11.8 Å². The summed E-state index contributed by atoms with van der Waals surface area (Å²) in [7, 11) is 0. The topological polar surface area (TPSA) is 89.8 Å². The predicted molar refractivity (Wildman–Crippen MR) is 109 cm³/mol. The molecule has 0 saturated heterocycles. The summed E-state index contributed by atoms with van der Waals surface area (Å²) in [6.45, 7) is 4.79. The summed E-state index contributed by atoms with van der Waals surface area (Å²) in [6, 6.07) is 10.4. The molecule has 1 aliphatic heterocycles. The van der Waals surface area contributed by atoms with Crippen molar-refractivity contribution in [1.29, 1.82) is 0 Å². The highest BCUT2D eigenvalue weighted by molar-refractivity contribution is 7.18. The minimum absolute atomic E-state index is 0.201. The van der Waals surface area contributed by atoms with Crippen LogP contribution in [0.5, 0.6) is 11.5 Å². The largest absolute Gasteiger partial charge is 0.486 e. The summed E-state index contributed by atoms with van der Waals surface area (Å²) in [5, 5.41) is 6.34. The molecule has 0 unspecified atom stereocenters. The molecule has 3 heterocycles. The molecule has 0 spiro atoms. The maximum Gasteiger partial charge on any atom is 0.291 e. The van der Waals surface area contributed by atoms with Crippen molar-refractivity contribution < 1.29 is 23.5 Å². The number of aryl methyl sites for hydroxylation is 1. The number of rotatable bonds is 5. The van der Waals surface area contributed by atoms with Gasteiger partial charge >= 0.3 is 0 Å². The molecule has 3 aromatic rings. The Morgan fingerprint density at radius 3 is 2.62 bits per heavy atom. The van der Waals surface area contributed by atoms with E-state index in [1.165, 1.54) is 17.6 Å². The quantitative estimate of drug-likeness (QED) is 0.657. The van der Waals surface area contributed by atoms with Crippen LogP contribution in [0.4, 0.5) is 5.00 Å². The van der Waals surface area contributed by atoms with Crippen LogP contribution in [0.25, 0.3) is 0 Å². The van der Waals surface area contributed by atoms with Crippen molar-refractivity contribution in [2.75, 3.05) is 18.5 Å². The first kappa shape index (κ1) is 19.1. The average molecular weight is 412 g/mol. The molecule has 7 nitrogen and oxygen atoms in total. The number of anilines is 1. The van der Waals surface area contributed by atoms with E-state index in [4.69, 9.17) is 13.9 Å². The van der Waals surface area contributed by atoms with Gasteiger partial charge in [0.1, 0.15) is 13.2 Å². The summed E-state index contributed by atoms with van der Waals surface area (Å²) in [5.74, 6) is 1.06. The number of carbonyl (C=O) groups excluding carboxylic acids is 2. The van der Waals surface area contributed by atoms with Crippen molar-refractivity contribution >= 4 is 28.2 Å². The molecule has 150 valence electrons. The van der Waals surface area contributed by atoms with Crippen LogP contribution in [0.15, 0.2) is 47.1 Å². The second-order valence-electron chi connectivity index (χ2n) is 6.65. The van der Waals surface area contributed by atoms with Gasteiger partial charge in [-0.05, 0) is 55.3 Å². The fourth-order valence-electron chi connectivity index (χ4n) is 3.03. The number of hydrogen-bond acceptors (Lipinski definition) is 6. The molecule has 0 aliphatic carbocycles. The molecule has 8 heteroatoms. The Hall–Kier alpha value is -3.26. The summed E-state index contributed by atoms with van der Waals surface area (Å²) in [5.41, 5.74) is 1.71. The molecule has 1 atom stereocenters. The predicted octanol–water partition coefficient (Wildman–Crippen LogP) is 4.16. The van der Waals surface area contributed by atoms with E-state index in [0.717, 1.165) is 11.1 Å². The zero-order chi connectivity index (χ0) is 20.4. The van der Waals surface area contributed by atoms with Crippen LogP contribution in [-0.4, -0.2) is 25.0 Å². The maximum atomic E-state index is 12.8. The number of ether oxygens (including phenoxy) is 2. The Bertz CT molecular complexity index is 1040. The minimum Gasteiger partial charge on any atom is -0.486 e. The number of hydrogen-bond donors (Lipinski definition) is 2. The van der Waals surface area contributed by atoms with Crippen LogP contribution < -0.4 is 20.1 Å². The summed E-state index contributed by atoms with van der Waals surface area (Å²) in [6.07, 6.45) is 1.44. The Balaban J connectivity index is 1.44. The van der Waals surface area contributed by atoms with Crippen LogP contribution in [0.3, 0.4) is 0 Å². The molecule has 0 radical (unpaired) electrons. The Kier molecular flexibility index (Phi) is 5.26. The van der Waals surface area contributed by atoms with Crippen molar-refractivity contribution in [2.45, 2.75) is 19.9 Å². The first-order valence-electron chi connectivity index (χ1n) is 9.17. The summed E-state index contributed by atoms with van der Waals surface area (Å²) in [4.78, 5) is 25.4. The third-order valence-corrected chi connectivity index (χ3v) is 5.67. The number of nitrogens with one attached hydrogen (secondary N) is 2. The van der Waals surface area contributed by atoms with Gasteiger partial charge < -0.3 is 24.5 Å². The monoisotopic (exact) mass is 412 g/mol. The number of fused-ring (bicyclic) bond motifs is 1. The van der Waals surface area contributed by atoms with Crippen LogP contribution in [-0.2, 0) is 0 Å².